The summed E-state index contributed by atoms with van der Waals surface area (Å²) < 4.78 is 15.7. The molecular weight excluding hydrogens is 270 g/mol. The van der Waals surface area contributed by atoms with Crippen molar-refractivity contribution in [3.63, 3.8) is 0 Å². The van der Waals surface area contributed by atoms with Crippen LogP contribution in [0.3, 0.4) is 0 Å². The highest BCUT2D eigenvalue weighted by Gasteiger charge is 2.39. The summed E-state index contributed by atoms with van der Waals surface area (Å²) in [5, 5.41) is 9.35. The van der Waals surface area contributed by atoms with Crippen LogP contribution in [-0.4, -0.2) is 46.9 Å². The van der Waals surface area contributed by atoms with E-state index in [4.69, 9.17) is 9.47 Å². The second kappa shape index (κ2) is 5.99. The molecule has 0 radical (unpaired) electrons. The summed E-state index contributed by atoms with van der Waals surface area (Å²) in [4.78, 5) is 0. The Balaban J connectivity index is 1.61. The van der Waals surface area contributed by atoms with Crippen molar-refractivity contribution >= 4 is 22.0 Å². The summed E-state index contributed by atoms with van der Waals surface area (Å²) in [6, 6.07) is 2.29. The van der Waals surface area contributed by atoms with E-state index in [2.05, 4.69) is 14.7 Å². The van der Waals surface area contributed by atoms with Crippen molar-refractivity contribution in [2.75, 3.05) is 19.8 Å². The normalized spacial score (nSPS) is 38.9. The molecule has 0 spiro atoms. The lowest BCUT2D eigenvalue weighted by Gasteiger charge is -2.39. The van der Waals surface area contributed by atoms with Crippen molar-refractivity contribution < 1.29 is 9.47 Å². The molecular formula is C11H17N3O2S2. The topological polar surface area (TPSA) is 48.7 Å². The molecule has 0 amide bonds. The molecule has 3 unspecified atom stereocenters. The number of ether oxygens (including phenoxy) is 2. The van der Waals surface area contributed by atoms with Crippen molar-refractivity contribution in [2.45, 2.75) is 44.2 Å². The molecule has 0 aliphatic carbocycles. The summed E-state index contributed by atoms with van der Waals surface area (Å²) in [6.07, 6.45) is 4.62. The molecule has 3 heterocycles. The van der Waals surface area contributed by atoms with E-state index in [1.807, 2.05) is 0 Å². The molecule has 0 aromatic rings. The van der Waals surface area contributed by atoms with Gasteiger partial charge in [0.25, 0.3) is 0 Å². The lowest BCUT2D eigenvalue weighted by atomic mass is 10.2. The molecule has 100 valence electrons. The molecule has 5 nitrogen and oxygen atoms in total. The van der Waals surface area contributed by atoms with E-state index >= 15 is 0 Å². The SMILES string of the molecule is N#CC1CN(C2CCCO2)SSN1C1CCCO1. The number of hydrogen-bond acceptors (Lipinski definition) is 7. The van der Waals surface area contributed by atoms with Crippen molar-refractivity contribution in [3.8, 4) is 6.07 Å². The molecule has 3 aliphatic heterocycles. The first-order valence-electron chi connectivity index (χ1n) is 6.41. The number of hydrogen-bond donors (Lipinski definition) is 0. The minimum absolute atomic E-state index is 0.108. The third-order valence-electron chi connectivity index (χ3n) is 3.44. The minimum Gasteiger partial charge on any atom is -0.362 e. The Morgan fingerprint density at radius 3 is 2.39 bits per heavy atom. The zero-order valence-electron chi connectivity index (χ0n) is 10.2. The van der Waals surface area contributed by atoms with E-state index in [-0.39, 0.29) is 18.5 Å². The van der Waals surface area contributed by atoms with Crippen LogP contribution in [0.4, 0.5) is 0 Å². The van der Waals surface area contributed by atoms with Gasteiger partial charge in [0.15, 0.2) is 0 Å². The fourth-order valence-corrected chi connectivity index (χ4v) is 5.14. The van der Waals surface area contributed by atoms with E-state index < -0.39 is 0 Å². The van der Waals surface area contributed by atoms with Crippen LogP contribution in [0.1, 0.15) is 25.7 Å². The highest BCUT2D eigenvalue weighted by Crippen LogP contribution is 2.42. The molecule has 0 aromatic carbocycles. The van der Waals surface area contributed by atoms with Gasteiger partial charge in [-0.2, -0.15) is 9.57 Å². The van der Waals surface area contributed by atoms with Crippen LogP contribution < -0.4 is 0 Å². The van der Waals surface area contributed by atoms with Crippen molar-refractivity contribution in [3.05, 3.63) is 0 Å². The predicted molar refractivity (Wildman–Crippen MR) is 71.1 cm³/mol. The van der Waals surface area contributed by atoms with Gasteiger partial charge >= 0.3 is 0 Å². The molecule has 7 heteroatoms. The Hall–Kier alpha value is 0.0300. The van der Waals surface area contributed by atoms with Gasteiger partial charge in [0.1, 0.15) is 18.5 Å². The van der Waals surface area contributed by atoms with Crippen LogP contribution in [0, 0.1) is 11.3 Å². The maximum atomic E-state index is 9.35. The van der Waals surface area contributed by atoms with Crippen LogP contribution in [0.25, 0.3) is 0 Å². The Kier molecular flexibility index (Phi) is 4.34. The van der Waals surface area contributed by atoms with Crippen LogP contribution in [0.2, 0.25) is 0 Å². The molecule has 3 atom stereocenters. The molecule has 0 N–H and O–H groups in total. The number of nitrogens with zero attached hydrogens (tertiary/aromatic N) is 3. The van der Waals surface area contributed by atoms with Gasteiger partial charge in [-0.3, -0.25) is 0 Å². The fourth-order valence-electron chi connectivity index (χ4n) is 2.48. The molecule has 0 saturated carbocycles. The summed E-state index contributed by atoms with van der Waals surface area (Å²) in [6.45, 7) is 2.40. The van der Waals surface area contributed by atoms with E-state index in [9.17, 15) is 5.26 Å². The Morgan fingerprint density at radius 1 is 1.06 bits per heavy atom. The van der Waals surface area contributed by atoms with Crippen LogP contribution >= 0.6 is 22.0 Å². The average Bonchev–Trinajstić information content (AvgIpc) is 3.11. The molecule has 3 aliphatic rings. The molecule has 3 rings (SSSR count). The van der Waals surface area contributed by atoms with E-state index in [1.165, 1.54) is 0 Å². The van der Waals surface area contributed by atoms with Crippen molar-refractivity contribution in [1.29, 1.82) is 5.26 Å². The van der Waals surface area contributed by atoms with Crippen molar-refractivity contribution in [1.82, 2.24) is 8.61 Å². The van der Waals surface area contributed by atoms with Crippen LogP contribution in [0.5, 0.6) is 0 Å². The molecule has 0 bridgehead atoms. The van der Waals surface area contributed by atoms with Gasteiger partial charge < -0.3 is 9.47 Å². The zero-order valence-corrected chi connectivity index (χ0v) is 11.8. The third-order valence-corrected chi connectivity index (χ3v) is 6.04. The monoisotopic (exact) mass is 287 g/mol. The molecule has 18 heavy (non-hydrogen) atoms. The second-order valence-electron chi connectivity index (χ2n) is 4.69. The largest absolute Gasteiger partial charge is 0.362 e. The van der Waals surface area contributed by atoms with Gasteiger partial charge in [0.05, 0.1) is 6.07 Å². The Morgan fingerprint density at radius 2 is 1.78 bits per heavy atom. The van der Waals surface area contributed by atoms with Gasteiger partial charge in [0.2, 0.25) is 0 Å². The van der Waals surface area contributed by atoms with Gasteiger partial charge in [-0.15, -0.1) is 0 Å². The van der Waals surface area contributed by atoms with E-state index in [0.29, 0.717) is 0 Å². The summed E-state index contributed by atoms with van der Waals surface area (Å²) in [7, 11) is 3.33. The third kappa shape index (κ3) is 2.64. The van der Waals surface area contributed by atoms with Gasteiger partial charge in [-0.1, -0.05) is 0 Å². The first kappa shape index (κ1) is 13.0. The zero-order chi connectivity index (χ0) is 12.4. The standard InChI is InChI=1S/C11H17N3O2S2/c12-7-9-8-13(10-3-1-5-15-10)17-18-14(9)11-4-2-6-16-11/h9-11H,1-6,8H2. The lowest BCUT2D eigenvalue weighted by molar-refractivity contribution is 0.000136. The lowest BCUT2D eigenvalue weighted by Crippen LogP contribution is -2.48. The Bertz CT molecular complexity index is 327. The van der Waals surface area contributed by atoms with Gasteiger partial charge in [-0.05, 0) is 25.7 Å². The predicted octanol–water partition coefficient (Wildman–Crippen LogP) is 1.98. The number of nitriles is 1. The minimum atomic E-state index is -0.108. The summed E-state index contributed by atoms with van der Waals surface area (Å²) >= 11 is 0. The quantitative estimate of drug-likeness (QED) is 0.568. The van der Waals surface area contributed by atoms with Gasteiger partial charge in [-0.25, -0.2) is 4.31 Å². The summed E-state index contributed by atoms with van der Waals surface area (Å²) in [5.74, 6) is 0. The Labute approximate surface area is 115 Å². The van der Waals surface area contributed by atoms with Gasteiger partial charge in [0, 0.05) is 41.7 Å². The van der Waals surface area contributed by atoms with Crippen LogP contribution in [0.15, 0.2) is 0 Å². The highest BCUT2D eigenvalue weighted by molar-refractivity contribution is 8.74. The molecule has 3 fully saturated rings. The highest BCUT2D eigenvalue weighted by atomic mass is 33.1. The van der Waals surface area contributed by atoms with Crippen LogP contribution in [-0.2, 0) is 9.47 Å². The maximum absolute atomic E-state index is 9.35. The smallest absolute Gasteiger partial charge is 0.124 e. The average molecular weight is 287 g/mol. The maximum Gasteiger partial charge on any atom is 0.124 e. The fraction of sp³-hybridized carbons (Fsp3) is 0.909. The summed E-state index contributed by atoms with van der Waals surface area (Å²) in [5.41, 5.74) is 0. The van der Waals surface area contributed by atoms with Crippen molar-refractivity contribution in [2.24, 2.45) is 0 Å². The first-order valence-corrected chi connectivity index (χ1v) is 8.47. The first-order chi connectivity index (χ1) is 8.88. The molecule has 0 aromatic heterocycles. The second-order valence-corrected chi connectivity index (χ2v) is 6.77. The molecule has 3 saturated heterocycles. The van der Waals surface area contributed by atoms with E-state index in [1.54, 1.807) is 22.0 Å². The van der Waals surface area contributed by atoms with E-state index in [0.717, 1.165) is 45.4 Å². The number of rotatable bonds is 2.